The van der Waals surface area contributed by atoms with Crippen LogP contribution in [0.4, 0.5) is 0 Å². The SMILES string of the molecule is C[C@@H]1C[C@H](O[Si](C)(C)C(C)(C)C)[C@@H]1C(=O)O. The summed E-state index contributed by atoms with van der Waals surface area (Å²) >= 11 is 0. The van der Waals surface area contributed by atoms with E-state index >= 15 is 0 Å². The number of hydrogen-bond acceptors (Lipinski definition) is 2. The van der Waals surface area contributed by atoms with Crippen molar-refractivity contribution in [1.29, 1.82) is 0 Å². The van der Waals surface area contributed by atoms with Gasteiger partial charge in [0.1, 0.15) is 0 Å². The van der Waals surface area contributed by atoms with Gasteiger partial charge in [-0.2, -0.15) is 0 Å². The van der Waals surface area contributed by atoms with E-state index in [2.05, 4.69) is 33.9 Å². The molecule has 0 aliphatic heterocycles. The fraction of sp³-hybridized carbons (Fsp3) is 0.917. The topological polar surface area (TPSA) is 46.5 Å². The van der Waals surface area contributed by atoms with E-state index in [-0.39, 0.29) is 23.0 Å². The third-order valence-corrected chi connectivity index (χ3v) is 8.66. The highest BCUT2D eigenvalue weighted by molar-refractivity contribution is 6.74. The summed E-state index contributed by atoms with van der Waals surface area (Å²) in [7, 11) is -1.82. The third-order valence-electron chi connectivity index (χ3n) is 4.16. The molecule has 1 rings (SSSR count). The Labute approximate surface area is 99.3 Å². The van der Waals surface area contributed by atoms with Crippen LogP contribution in [0.15, 0.2) is 0 Å². The van der Waals surface area contributed by atoms with Crippen LogP contribution in [0.3, 0.4) is 0 Å². The minimum atomic E-state index is -1.82. The van der Waals surface area contributed by atoms with Gasteiger partial charge in [-0.25, -0.2) is 0 Å². The summed E-state index contributed by atoms with van der Waals surface area (Å²) in [5.74, 6) is -0.746. The summed E-state index contributed by atoms with van der Waals surface area (Å²) in [6.07, 6.45) is 0.831. The van der Waals surface area contributed by atoms with Gasteiger partial charge in [0.05, 0.1) is 12.0 Å². The molecule has 1 saturated carbocycles. The van der Waals surface area contributed by atoms with Crippen LogP contribution in [0.2, 0.25) is 18.1 Å². The molecule has 94 valence electrons. The van der Waals surface area contributed by atoms with Crippen LogP contribution in [0, 0.1) is 11.8 Å². The Morgan fingerprint density at radius 1 is 1.38 bits per heavy atom. The molecule has 1 fully saturated rings. The van der Waals surface area contributed by atoms with Gasteiger partial charge in [-0.15, -0.1) is 0 Å². The monoisotopic (exact) mass is 244 g/mol. The standard InChI is InChI=1S/C12H24O3Si/c1-8-7-9(10(8)11(13)14)15-16(5,6)12(2,3)4/h8-10H,7H2,1-6H3,(H,13,14)/t8-,9+,10-/m1/s1. The molecule has 0 unspecified atom stereocenters. The Balaban J connectivity index is 2.66. The molecule has 0 saturated heterocycles. The molecule has 1 N–H and O–H groups in total. The second kappa shape index (κ2) is 4.15. The van der Waals surface area contributed by atoms with Crippen molar-refractivity contribution in [1.82, 2.24) is 0 Å². The Hall–Kier alpha value is -0.353. The number of hydrogen-bond donors (Lipinski definition) is 1. The van der Waals surface area contributed by atoms with Crippen molar-refractivity contribution >= 4 is 14.3 Å². The molecular formula is C12H24O3Si. The van der Waals surface area contributed by atoms with Crippen LogP contribution >= 0.6 is 0 Å². The van der Waals surface area contributed by atoms with E-state index < -0.39 is 14.3 Å². The molecule has 4 heteroatoms. The number of rotatable bonds is 3. The van der Waals surface area contributed by atoms with Crippen LogP contribution in [0.1, 0.15) is 34.1 Å². The van der Waals surface area contributed by atoms with Crippen molar-refractivity contribution in [3.63, 3.8) is 0 Å². The van der Waals surface area contributed by atoms with E-state index in [1.807, 2.05) is 6.92 Å². The number of aliphatic carboxylic acids is 1. The summed E-state index contributed by atoms with van der Waals surface area (Å²) in [4.78, 5) is 11.1. The molecule has 0 heterocycles. The molecule has 3 atom stereocenters. The van der Waals surface area contributed by atoms with Crippen molar-refractivity contribution < 1.29 is 14.3 Å². The molecule has 1 aliphatic carbocycles. The average Bonchev–Trinajstić information content (AvgIpc) is 1.98. The summed E-state index contributed by atoms with van der Waals surface area (Å²) in [5.41, 5.74) is 0. The van der Waals surface area contributed by atoms with Crippen molar-refractivity contribution in [2.75, 3.05) is 0 Å². The van der Waals surface area contributed by atoms with Crippen LogP contribution in [0.25, 0.3) is 0 Å². The molecule has 0 amide bonds. The molecule has 0 bridgehead atoms. The van der Waals surface area contributed by atoms with Gasteiger partial charge in [0.2, 0.25) is 0 Å². The Morgan fingerprint density at radius 2 is 1.88 bits per heavy atom. The van der Waals surface area contributed by atoms with Gasteiger partial charge in [0, 0.05) is 0 Å². The van der Waals surface area contributed by atoms with Crippen LogP contribution in [-0.2, 0) is 9.22 Å². The van der Waals surface area contributed by atoms with E-state index in [0.717, 1.165) is 6.42 Å². The lowest BCUT2D eigenvalue weighted by atomic mass is 9.72. The van der Waals surface area contributed by atoms with Gasteiger partial charge in [-0.05, 0) is 30.5 Å². The average molecular weight is 244 g/mol. The van der Waals surface area contributed by atoms with E-state index in [1.54, 1.807) is 0 Å². The largest absolute Gasteiger partial charge is 0.481 e. The quantitative estimate of drug-likeness (QED) is 0.776. The van der Waals surface area contributed by atoms with Crippen molar-refractivity contribution in [2.45, 2.75) is 58.4 Å². The molecule has 0 radical (unpaired) electrons. The Bertz CT molecular complexity index is 280. The van der Waals surface area contributed by atoms with E-state index in [9.17, 15) is 4.79 Å². The maximum absolute atomic E-state index is 11.1. The maximum atomic E-state index is 11.1. The minimum Gasteiger partial charge on any atom is -0.481 e. The smallest absolute Gasteiger partial charge is 0.309 e. The van der Waals surface area contributed by atoms with E-state index in [4.69, 9.17) is 9.53 Å². The third kappa shape index (κ3) is 2.48. The first kappa shape index (κ1) is 13.7. The second-order valence-electron chi connectivity index (χ2n) is 6.49. The van der Waals surface area contributed by atoms with Crippen molar-refractivity contribution in [3.05, 3.63) is 0 Å². The Kier molecular flexibility index (Phi) is 3.55. The molecular weight excluding hydrogens is 220 g/mol. The lowest BCUT2D eigenvalue weighted by molar-refractivity contribution is -0.156. The first-order valence-corrected chi connectivity index (χ1v) is 8.87. The fourth-order valence-corrected chi connectivity index (χ4v) is 3.26. The van der Waals surface area contributed by atoms with Crippen LogP contribution < -0.4 is 0 Å². The number of carbonyl (C=O) groups is 1. The van der Waals surface area contributed by atoms with Crippen molar-refractivity contribution in [2.24, 2.45) is 11.8 Å². The van der Waals surface area contributed by atoms with Crippen LogP contribution in [-0.4, -0.2) is 25.5 Å². The summed E-state index contributed by atoms with van der Waals surface area (Å²) in [6.45, 7) is 12.9. The van der Waals surface area contributed by atoms with E-state index in [1.165, 1.54) is 0 Å². The second-order valence-corrected chi connectivity index (χ2v) is 11.2. The van der Waals surface area contributed by atoms with Gasteiger partial charge in [0.25, 0.3) is 0 Å². The lowest BCUT2D eigenvalue weighted by Gasteiger charge is -2.47. The number of carboxylic acids is 1. The molecule has 0 spiro atoms. The maximum Gasteiger partial charge on any atom is 0.309 e. The molecule has 0 aromatic carbocycles. The predicted molar refractivity (Wildman–Crippen MR) is 67.0 cm³/mol. The zero-order chi connectivity index (χ0) is 12.7. The van der Waals surface area contributed by atoms with Gasteiger partial charge in [-0.3, -0.25) is 4.79 Å². The molecule has 0 aromatic heterocycles. The van der Waals surface area contributed by atoms with Crippen LogP contribution in [0.5, 0.6) is 0 Å². The summed E-state index contributed by atoms with van der Waals surface area (Å²) < 4.78 is 6.14. The molecule has 3 nitrogen and oxygen atoms in total. The lowest BCUT2D eigenvalue weighted by Crippen LogP contribution is -2.54. The highest BCUT2D eigenvalue weighted by atomic mass is 28.4. The van der Waals surface area contributed by atoms with Gasteiger partial charge in [0.15, 0.2) is 8.32 Å². The molecule has 16 heavy (non-hydrogen) atoms. The van der Waals surface area contributed by atoms with Crippen molar-refractivity contribution in [3.8, 4) is 0 Å². The van der Waals surface area contributed by atoms with E-state index in [0.29, 0.717) is 0 Å². The first-order valence-electron chi connectivity index (χ1n) is 5.97. The minimum absolute atomic E-state index is 0.0617. The highest BCUT2D eigenvalue weighted by Crippen LogP contribution is 2.44. The molecule has 0 aromatic rings. The highest BCUT2D eigenvalue weighted by Gasteiger charge is 2.49. The zero-order valence-electron chi connectivity index (χ0n) is 11.2. The summed E-state index contributed by atoms with van der Waals surface area (Å²) in [5, 5.41) is 9.26. The molecule has 1 aliphatic rings. The Morgan fingerprint density at radius 3 is 2.19 bits per heavy atom. The zero-order valence-corrected chi connectivity index (χ0v) is 12.2. The fourth-order valence-electron chi connectivity index (χ4n) is 1.91. The predicted octanol–water partition coefficient (Wildman–Crippen LogP) is 3.12. The van der Waals surface area contributed by atoms with Gasteiger partial charge >= 0.3 is 5.97 Å². The first-order chi connectivity index (χ1) is 7.06. The van der Waals surface area contributed by atoms with Gasteiger partial charge in [-0.1, -0.05) is 27.7 Å². The normalized spacial score (nSPS) is 31.0. The number of carboxylic acid groups (broad SMARTS) is 1. The van der Waals surface area contributed by atoms with Gasteiger partial charge < -0.3 is 9.53 Å². The summed E-state index contributed by atoms with van der Waals surface area (Å²) in [6, 6.07) is 0.